The van der Waals surface area contributed by atoms with Gasteiger partial charge in [0.15, 0.2) is 0 Å². The molecule has 0 amide bonds. The molecule has 0 fully saturated rings. The standard InChI is InChI=1S/C8H7ClO/c1-6-2-3-8(9)4-7(6)5-10/h2-4,6H,1H3. The zero-order chi connectivity index (χ0) is 7.56. The number of halogens is 1. The second kappa shape index (κ2) is 2.87. The minimum absolute atomic E-state index is 0.153. The predicted molar refractivity (Wildman–Crippen MR) is 41.4 cm³/mol. The maximum absolute atomic E-state index is 10.2. The lowest BCUT2D eigenvalue weighted by atomic mass is 9.98. The van der Waals surface area contributed by atoms with Crippen molar-refractivity contribution in [2.24, 2.45) is 5.92 Å². The van der Waals surface area contributed by atoms with Crippen LogP contribution < -0.4 is 0 Å². The lowest BCUT2D eigenvalue weighted by Gasteiger charge is -2.07. The smallest absolute Gasteiger partial charge is 0.128 e. The van der Waals surface area contributed by atoms with Crippen molar-refractivity contribution in [1.29, 1.82) is 0 Å². The Labute approximate surface area is 64.7 Å². The van der Waals surface area contributed by atoms with Crippen molar-refractivity contribution < 1.29 is 4.79 Å². The molecule has 0 aliphatic heterocycles. The summed E-state index contributed by atoms with van der Waals surface area (Å²) >= 11 is 5.63. The molecule has 0 radical (unpaired) electrons. The summed E-state index contributed by atoms with van der Waals surface area (Å²) < 4.78 is 0. The van der Waals surface area contributed by atoms with Crippen LogP contribution in [0.15, 0.2) is 28.8 Å². The van der Waals surface area contributed by atoms with Gasteiger partial charge in [-0.15, -0.1) is 0 Å². The molecule has 0 saturated carbocycles. The molecule has 1 atom stereocenters. The average Bonchev–Trinajstić information content (AvgIpc) is 1.94. The zero-order valence-corrected chi connectivity index (χ0v) is 6.35. The van der Waals surface area contributed by atoms with Gasteiger partial charge in [-0.1, -0.05) is 24.6 Å². The van der Waals surface area contributed by atoms with Gasteiger partial charge in [0.1, 0.15) is 5.94 Å². The van der Waals surface area contributed by atoms with Crippen LogP contribution in [0, 0.1) is 5.92 Å². The van der Waals surface area contributed by atoms with E-state index in [4.69, 9.17) is 11.6 Å². The van der Waals surface area contributed by atoms with Crippen molar-refractivity contribution in [2.45, 2.75) is 6.92 Å². The number of carbonyl (C=O) groups excluding carboxylic acids is 1. The predicted octanol–water partition coefficient (Wildman–Crippen LogP) is 2.07. The largest absolute Gasteiger partial charge is 0.233 e. The van der Waals surface area contributed by atoms with E-state index in [1.807, 2.05) is 18.9 Å². The molecule has 52 valence electrons. The SMILES string of the molecule is CC1C=CC(Cl)=CC1=C=O. The molecule has 0 heterocycles. The number of rotatable bonds is 0. The van der Waals surface area contributed by atoms with Gasteiger partial charge in [0.2, 0.25) is 0 Å². The van der Waals surface area contributed by atoms with E-state index in [1.54, 1.807) is 12.2 Å². The molecule has 0 aromatic carbocycles. The molecule has 1 rings (SSSR count). The lowest BCUT2D eigenvalue weighted by molar-refractivity contribution is 0.565. The summed E-state index contributed by atoms with van der Waals surface area (Å²) in [6, 6.07) is 0. The van der Waals surface area contributed by atoms with E-state index in [0.29, 0.717) is 10.6 Å². The Morgan fingerprint density at radius 2 is 2.40 bits per heavy atom. The topological polar surface area (TPSA) is 17.1 Å². The third-order valence-corrected chi connectivity index (χ3v) is 1.68. The summed E-state index contributed by atoms with van der Waals surface area (Å²) in [6.45, 7) is 1.93. The molecular formula is C8H7ClO. The molecule has 0 bridgehead atoms. The second-order valence-electron chi connectivity index (χ2n) is 2.23. The first-order valence-electron chi connectivity index (χ1n) is 3.04. The van der Waals surface area contributed by atoms with Gasteiger partial charge in [0.25, 0.3) is 0 Å². The molecule has 1 unspecified atom stereocenters. The Kier molecular flexibility index (Phi) is 2.10. The van der Waals surface area contributed by atoms with E-state index in [1.165, 1.54) is 0 Å². The summed E-state index contributed by atoms with van der Waals surface area (Å²) in [5.74, 6) is 1.99. The number of allylic oxidation sites excluding steroid dienone is 5. The molecule has 0 spiro atoms. The van der Waals surface area contributed by atoms with Crippen molar-refractivity contribution in [3.05, 3.63) is 28.8 Å². The van der Waals surface area contributed by atoms with E-state index in [9.17, 15) is 4.79 Å². The molecule has 0 aromatic heterocycles. The molecule has 1 aliphatic carbocycles. The first-order valence-corrected chi connectivity index (χ1v) is 3.42. The monoisotopic (exact) mass is 154 g/mol. The lowest BCUT2D eigenvalue weighted by Crippen LogP contribution is -1.97. The molecule has 2 heteroatoms. The molecule has 1 nitrogen and oxygen atoms in total. The van der Waals surface area contributed by atoms with Crippen LogP contribution >= 0.6 is 11.6 Å². The highest BCUT2D eigenvalue weighted by molar-refractivity contribution is 6.31. The van der Waals surface area contributed by atoms with Crippen LogP contribution in [0.4, 0.5) is 0 Å². The summed E-state index contributed by atoms with van der Waals surface area (Å²) in [7, 11) is 0. The van der Waals surface area contributed by atoms with Gasteiger partial charge in [-0.3, -0.25) is 0 Å². The zero-order valence-electron chi connectivity index (χ0n) is 5.60. The van der Waals surface area contributed by atoms with Gasteiger partial charge in [-0.2, -0.15) is 0 Å². The van der Waals surface area contributed by atoms with Gasteiger partial charge in [0, 0.05) is 16.5 Å². The molecule has 1 aliphatic rings. The van der Waals surface area contributed by atoms with Crippen molar-refractivity contribution in [3.63, 3.8) is 0 Å². The van der Waals surface area contributed by atoms with Crippen LogP contribution in [0.2, 0.25) is 0 Å². The van der Waals surface area contributed by atoms with Gasteiger partial charge in [0.05, 0.1) is 0 Å². The van der Waals surface area contributed by atoms with E-state index in [0.717, 1.165) is 0 Å². The third kappa shape index (κ3) is 1.38. The fourth-order valence-electron chi connectivity index (χ4n) is 0.790. The summed E-state index contributed by atoms with van der Waals surface area (Å²) in [5.41, 5.74) is 0.618. The van der Waals surface area contributed by atoms with Gasteiger partial charge >= 0.3 is 0 Å². The van der Waals surface area contributed by atoms with Crippen molar-refractivity contribution >= 4 is 17.5 Å². The van der Waals surface area contributed by atoms with E-state index in [-0.39, 0.29) is 5.92 Å². The van der Waals surface area contributed by atoms with Crippen molar-refractivity contribution in [3.8, 4) is 0 Å². The van der Waals surface area contributed by atoms with Crippen LogP contribution in [0.3, 0.4) is 0 Å². The van der Waals surface area contributed by atoms with Crippen LogP contribution in [0.25, 0.3) is 0 Å². The fraction of sp³-hybridized carbons (Fsp3) is 0.250. The summed E-state index contributed by atoms with van der Waals surface area (Å²) in [6.07, 6.45) is 5.30. The molecule has 0 N–H and O–H groups in total. The Morgan fingerprint density at radius 3 is 2.90 bits per heavy atom. The summed E-state index contributed by atoms with van der Waals surface area (Å²) in [4.78, 5) is 10.2. The van der Waals surface area contributed by atoms with Gasteiger partial charge < -0.3 is 0 Å². The summed E-state index contributed by atoms with van der Waals surface area (Å²) in [5, 5.41) is 0.594. The number of hydrogen-bond acceptors (Lipinski definition) is 1. The van der Waals surface area contributed by atoms with E-state index >= 15 is 0 Å². The minimum Gasteiger partial charge on any atom is -0.233 e. The van der Waals surface area contributed by atoms with Crippen LogP contribution in [0.5, 0.6) is 0 Å². The Bertz CT molecular complexity index is 244. The molecule has 0 aromatic rings. The average molecular weight is 155 g/mol. The highest BCUT2D eigenvalue weighted by Crippen LogP contribution is 2.21. The highest BCUT2D eigenvalue weighted by atomic mass is 35.5. The van der Waals surface area contributed by atoms with Crippen LogP contribution in [-0.4, -0.2) is 5.94 Å². The third-order valence-electron chi connectivity index (χ3n) is 1.45. The minimum atomic E-state index is 0.153. The van der Waals surface area contributed by atoms with Crippen LogP contribution in [0.1, 0.15) is 6.92 Å². The maximum atomic E-state index is 10.2. The highest BCUT2D eigenvalue weighted by Gasteiger charge is 2.08. The van der Waals surface area contributed by atoms with E-state index in [2.05, 4.69) is 0 Å². The Hall–Kier alpha value is -0.780. The van der Waals surface area contributed by atoms with E-state index < -0.39 is 0 Å². The normalized spacial score (nSPS) is 24.0. The number of hydrogen-bond donors (Lipinski definition) is 0. The first-order chi connectivity index (χ1) is 4.74. The van der Waals surface area contributed by atoms with Crippen molar-refractivity contribution in [1.82, 2.24) is 0 Å². The van der Waals surface area contributed by atoms with Gasteiger partial charge in [-0.05, 0) is 12.2 Å². The second-order valence-corrected chi connectivity index (χ2v) is 2.67. The fourth-order valence-corrected chi connectivity index (χ4v) is 0.981. The quantitative estimate of drug-likeness (QED) is 0.489. The maximum Gasteiger partial charge on any atom is 0.128 e. The molecule has 0 saturated heterocycles. The van der Waals surface area contributed by atoms with Gasteiger partial charge in [-0.25, -0.2) is 4.79 Å². The molecule has 10 heavy (non-hydrogen) atoms. The van der Waals surface area contributed by atoms with Crippen molar-refractivity contribution in [2.75, 3.05) is 0 Å². The first kappa shape index (κ1) is 7.33. The molecular weight excluding hydrogens is 148 g/mol. The Balaban J connectivity index is 2.98. The van der Waals surface area contributed by atoms with Crippen LogP contribution in [-0.2, 0) is 4.79 Å². The Morgan fingerprint density at radius 1 is 1.70 bits per heavy atom.